The second-order valence-electron chi connectivity index (χ2n) is 12.7. The molecule has 0 radical (unpaired) electrons. The monoisotopic (exact) mass is 512 g/mol. The summed E-state index contributed by atoms with van der Waals surface area (Å²) in [5.74, 6) is 2.72. The molecule has 4 aliphatic rings. The normalized spacial score (nSPS) is 26.1. The summed E-state index contributed by atoms with van der Waals surface area (Å²) >= 11 is 0. The molecule has 7 heteroatoms. The minimum atomic E-state index is -0.490. The van der Waals surface area contributed by atoms with Crippen molar-refractivity contribution in [3.05, 3.63) is 30.1 Å². The van der Waals surface area contributed by atoms with E-state index >= 15 is 0 Å². The fourth-order valence-corrected chi connectivity index (χ4v) is 7.18. The van der Waals surface area contributed by atoms with Crippen molar-refractivity contribution in [3.8, 4) is 0 Å². The molecule has 4 fully saturated rings. The van der Waals surface area contributed by atoms with E-state index in [1.165, 1.54) is 44.1 Å². The average molecular weight is 513 g/mol. The number of hydrogen-bond donors (Lipinski definition) is 1. The molecule has 37 heavy (non-hydrogen) atoms. The van der Waals surface area contributed by atoms with Gasteiger partial charge in [0.15, 0.2) is 0 Å². The maximum Gasteiger partial charge on any atom is 0.410 e. The fourth-order valence-electron chi connectivity index (χ4n) is 7.18. The lowest BCUT2D eigenvalue weighted by Gasteiger charge is -2.57. The topological polar surface area (TPSA) is 74.8 Å². The van der Waals surface area contributed by atoms with E-state index in [4.69, 9.17) is 4.74 Å². The highest BCUT2D eigenvalue weighted by molar-refractivity contribution is 5.74. The lowest BCUT2D eigenvalue weighted by Crippen LogP contribution is -2.50. The number of hydrogen-bond acceptors (Lipinski definition) is 4. The van der Waals surface area contributed by atoms with Gasteiger partial charge in [-0.2, -0.15) is 0 Å². The molecule has 4 bridgehead atoms. The number of aryl methyl sites for hydroxylation is 1. The Hall–Kier alpha value is -2.31. The van der Waals surface area contributed by atoms with E-state index in [0.717, 1.165) is 50.0 Å². The third-order valence-corrected chi connectivity index (χ3v) is 9.26. The number of urea groups is 1. The van der Waals surface area contributed by atoms with Crippen molar-refractivity contribution in [2.75, 3.05) is 33.2 Å². The van der Waals surface area contributed by atoms with Crippen molar-refractivity contribution >= 4 is 12.1 Å². The molecular weight excluding hydrogens is 464 g/mol. The Morgan fingerprint density at radius 3 is 2.27 bits per heavy atom. The molecule has 4 aliphatic carbocycles. The molecule has 1 aromatic rings. The maximum absolute atomic E-state index is 13.3. The van der Waals surface area contributed by atoms with E-state index in [1.54, 1.807) is 11.9 Å². The molecule has 4 saturated carbocycles. The Bertz CT molecular complexity index is 868. The van der Waals surface area contributed by atoms with Crippen LogP contribution in [0.4, 0.5) is 9.59 Å². The van der Waals surface area contributed by atoms with Crippen LogP contribution in [0.3, 0.4) is 0 Å². The van der Waals surface area contributed by atoms with Crippen LogP contribution in [0.15, 0.2) is 24.5 Å². The minimum absolute atomic E-state index is 0.0184. The zero-order valence-corrected chi connectivity index (χ0v) is 23.5. The first kappa shape index (κ1) is 27.7. The molecule has 206 valence electrons. The molecule has 0 aliphatic heterocycles. The average Bonchev–Trinajstić information content (AvgIpc) is 2.86. The van der Waals surface area contributed by atoms with Crippen molar-refractivity contribution in [2.24, 2.45) is 23.2 Å². The van der Waals surface area contributed by atoms with Gasteiger partial charge in [-0.1, -0.05) is 6.92 Å². The number of rotatable bonds is 12. The molecule has 0 atom stereocenters. The standard InChI is InChI=1S/C30H48N4O3/c1-5-29(2,3)37-28(36)33(4)15-16-34(27(35)32-11-6-7-23-8-12-31-13-9-23)14-10-30-20-24-17-25(21-30)19-26(18-24)22-30/h8-9,12-13,24-26H,5-7,10-11,14-22H2,1-4H3,(H,32,35). The van der Waals surface area contributed by atoms with Gasteiger partial charge in [0.25, 0.3) is 0 Å². The molecule has 7 nitrogen and oxygen atoms in total. The second kappa shape index (κ2) is 12.0. The smallest absolute Gasteiger partial charge is 0.410 e. The van der Waals surface area contributed by atoms with Gasteiger partial charge in [-0.15, -0.1) is 0 Å². The van der Waals surface area contributed by atoms with Crippen LogP contribution in [0.25, 0.3) is 0 Å². The summed E-state index contributed by atoms with van der Waals surface area (Å²) in [7, 11) is 1.76. The van der Waals surface area contributed by atoms with Gasteiger partial charge in [0.1, 0.15) is 5.60 Å². The van der Waals surface area contributed by atoms with Crippen LogP contribution in [-0.2, 0) is 11.2 Å². The summed E-state index contributed by atoms with van der Waals surface area (Å²) < 4.78 is 5.65. The SMILES string of the molecule is CCC(C)(C)OC(=O)N(C)CCN(CCC12CC3CC(CC(C3)C1)C2)C(=O)NCCCc1ccncc1. The molecule has 0 spiro atoms. The van der Waals surface area contributed by atoms with Crippen molar-refractivity contribution in [1.29, 1.82) is 0 Å². The van der Waals surface area contributed by atoms with Crippen LogP contribution in [-0.4, -0.2) is 65.7 Å². The number of amides is 3. The van der Waals surface area contributed by atoms with Crippen LogP contribution in [0, 0.1) is 23.2 Å². The number of nitrogens with one attached hydrogen (secondary N) is 1. The number of pyridine rings is 1. The number of ether oxygens (including phenoxy) is 1. The van der Waals surface area contributed by atoms with E-state index in [-0.39, 0.29) is 12.1 Å². The largest absolute Gasteiger partial charge is 0.443 e. The highest BCUT2D eigenvalue weighted by atomic mass is 16.6. The predicted octanol–water partition coefficient (Wildman–Crippen LogP) is 5.89. The van der Waals surface area contributed by atoms with Crippen molar-refractivity contribution in [2.45, 2.75) is 90.6 Å². The summed E-state index contributed by atoms with van der Waals surface area (Å²) in [4.78, 5) is 33.5. The van der Waals surface area contributed by atoms with Gasteiger partial charge in [0.2, 0.25) is 0 Å². The summed E-state index contributed by atoms with van der Waals surface area (Å²) in [5.41, 5.74) is 1.17. The zero-order chi connectivity index (χ0) is 26.5. The first-order valence-electron chi connectivity index (χ1n) is 14.5. The highest BCUT2D eigenvalue weighted by Gasteiger charge is 2.50. The van der Waals surface area contributed by atoms with Gasteiger partial charge in [0, 0.05) is 45.6 Å². The van der Waals surface area contributed by atoms with Crippen molar-refractivity contribution < 1.29 is 14.3 Å². The van der Waals surface area contributed by atoms with Crippen LogP contribution in [0.5, 0.6) is 0 Å². The minimum Gasteiger partial charge on any atom is -0.443 e. The van der Waals surface area contributed by atoms with Gasteiger partial charge in [0.05, 0.1) is 0 Å². The molecule has 0 saturated heterocycles. The number of aromatic nitrogens is 1. The first-order chi connectivity index (χ1) is 17.7. The summed E-state index contributed by atoms with van der Waals surface area (Å²) in [5, 5.41) is 3.15. The fraction of sp³-hybridized carbons (Fsp3) is 0.767. The van der Waals surface area contributed by atoms with Crippen LogP contribution >= 0.6 is 0 Å². The third kappa shape index (κ3) is 7.61. The van der Waals surface area contributed by atoms with Gasteiger partial charge in [-0.25, -0.2) is 9.59 Å². The number of likely N-dealkylation sites (N-methyl/N-ethyl adjacent to an activating group) is 1. The lowest BCUT2D eigenvalue weighted by molar-refractivity contribution is -0.0597. The Morgan fingerprint density at radius 1 is 1.05 bits per heavy atom. The number of carbonyl (C=O) groups is 2. The Balaban J connectivity index is 1.31. The highest BCUT2D eigenvalue weighted by Crippen LogP contribution is 2.61. The van der Waals surface area contributed by atoms with E-state index in [2.05, 4.69) is 10.3 Å². The van der Waals surface area contributed by atoms with Gasteiger partial charge >= 0.3 is 12.1 Å². The molecular formula is C30H48N4O3. The Kier molecular flexibility index (Phi) is 9.02. The summed E-state index contributed by atoms with van der Waals surface area (Å²) in [6.45, 7) is 8.23. The molecule has 0 unspecified atom stereocenters. The van der Waals surface area contributed by atoms with Gasteiger partial charge in [-0.05, 0) is 119 Å². The molecule has 3 amide bonds. The number of nitrogens with zero attached hydrogens (tertiary/aromatic N) is 3. The van der Waals surface area contributed by atoms with E-state index < -0.39 is 5.60 Å². The van der Waals surface area contributed by atoms with E-state index in [1.807, 2.05) is 50.2 Å². The number of carbonyl (C=O) groups excluding carboxylic acids is 2. The van der Waals surface area contributed by atoms with Crippen LogP contribution in [0.2, 0.25) is 0 Å². The molecule has 0 aromatic carbocycles. The molecule has 1 heterocycles. The van der Waals surface area contributed by atoms with Crippen LogP contribution in [0.1, 0.15) is 84.1 Å². The van der Waals surface area contributed by atoms with E-state index in [9.17, 15) is 9.59 Å². The molecule has 1 N–H and O–H groups in total. The lowest BCUT2D eigenvalue weighted by atomic mass is 9.49. The predicted molar refractivity (Wildman–Crippen MR) is 146 cm³/mol. The quantitative estimate of drug-likeness (QED) is 0.354. The second-order valence-corrected chi connectivity index (χ2v) is 12.7. The third-order valence-electron chi connectivity index (χ3n) is 9.26. The summed E-state index contributed by atoms with van der Waals surface area (Å²) in [6.07, 6.45) is 15.3. The Morgan fingerprint density at radius 2 is 1.68 bits per heavy atom. The summed E-state index contributed by atoms with van der Waals surface area (Å²) in [6, 6.07) is 4.03. The van der Waals surface area contributed by atoms with Crippen molar-refractivity contribution in [3.63, 3.8) is 0 Å². The van der Waals surface area contributed by atoms with Crippen molar-refractivity contribution in [1.82, 2.24) is 20.1 Å². The zero-order valence-electron chi connectivity index (χ0n) is 23.5. The Labute approximate surface area is 223 Å². The molecule has 5 rings (SSSR count). The van der Waals surface area contributed by atoms with E-state index in [0.29, 0.717) is 25.0 Å². The van der Waals surface area contributed by atoms with Crippen LogP contribution < -0.4 is 5.32 Å². The molecule has 1 aromatic heterocycles. The first-order valence-corrected chi connectivity index (χ1v) is 14.5. The maximum atomic E-state index is 13.3. The van der Waals surface area contributed by atoms with Gasteiger partial charge < -0.3 is 19.9 Å². The van der Waals surface area contributed by atoms with Gasteiger partial charge in [-0.3, -0.25) is 4.98 Å².